The number of benzene rings is 1. The maximum absolute atomic E-state index is 12.5. The number of hydrogen-bond acceptors (Lipinski definition) is 2. The predicted octanol–water partition coefficient (Wildman–Crippen LogP) is 7.99. The first-order valence-corrected chi connectivity index (χ1v) is 12.3. The van der Waals surface area contributed by atoms with E-state index in [1.54, 1.807) is 0 Å². The van der Waals surface area contributed by atoms with Gasteiger partial charge in [-0.2, -0.15) is 0 Å². The van der Waals surface area contributed by atoms with Crippen molar-refractivity contribution in [3.63, 3.8) is 0 Å². The molecule has 0 bridgehead atoms. The van der Waals surface area contributed by atoms with E-state index in [4.69, 9.17) is 4.74 Å². The molecule has 1 aliphatic carbocycles. The second-order valence-electron chi connectivity index (χ2n) is 9.59. The quantitative estimate of drug-likeness (QED) is 0.248. The van der Waals surface area contributed by atoms with E-state index in [9.17, 15) is 4.79 Å². The van der Waals surface area contributed by atoms with Crippen molar-refractivity contribution >= 4 is 5.97 Å². The third-order valence-electron chi connectivity index (χ3n) is 6.91. The van der Waals surface area contributed by atoms with Crippen LogP contribution in [0.1, 0.15) is 116 Å². The number of unbranched alkanes of at least 4 members (excludes halogenated alkanes) is 8. The molecule has 0 amide bonds. The SMILES string of the molecule is CCCCCCCCCCCC(=O)O[C@@H]1CCCC[C@H]1C(C)(C)c1ccccc1. The van der Waals surface area contributed by atoms with Gasteiger partial charge in [0.05, 0.1) is 0 Å². The van der Waals surface area contributed by atoms with Crippen molar-refractivity contribution in [3.05, 3.63) is 35.9 Å². The fourth-order valence-electron chi connectivity index (χ4n) is 4.95. The van der Waals surface area contributed by atoms with Crippen molar-refractivity contribution in [2.24, 2.45) is 5.92 Å². The minimum atomic E-state index is 0.0220. The van der Waals surface area contributed by atoms with Crippen molar-refractivity contribution in [2.45, 2.75) is 122 Å². The lowest BCUT2D eigenvalue weighted by Gasteiger charge is -2.42. The lowest BCUT2D eigenvalue weighted by molar-refractivity contribution is -0.155. The van der Waals surface area contributed by atoms with Gasteiger partial charge in [0, 0.05) is 12.3 Å². The van der Waals surface area contributed by atoms with E-state index in [0.717, 1.165) is 25.7 Å². The maximum atomic E-state index is 12.5. The summed E-state index contributed by atoms with van der Waals surface area (Å²) in [6.45, 7) is 6.90. The molecule has 0 aliphatic heterocycles. The molecule has 1 aliphatic rings. The summed E-state index contributed by atoms with van der Waals surface area (Å²) < 4.78 is 6.04. The van der Waals surface area contributed by atoms with Crippen LogP contribution in [-0.4, -0.2) is 12.1 Å². The van der Waals surface area contributed by atoms with Gasteiger partial charge in [-0.15, -0.1) is 0 Å². The van der Waals surface area contributed by atoms with E-state index in [0.29, 0.717) is 12.3 Å². The molecule has 0 saturated heterocycles. The summed E-state index contributed by atoms with van der Waals surface area (Å²) in [5, 5.41) is 0. The van der Waals surface area contributed by atoms with Crippen LogP contribution in [-0.2, 0) is 14.9 Å². The highest BCUT2D eigenvalue weighted by atomic mass is 16.5. The van der Waals surface area contributed by atoms with Gasteiger partial charge in [-0.05, 0) is 36.7 Å². The van der Waals surface area contributed by atoms with Crippen LogP contribution in [0.25, 0.3) is 0 Å². The fourth-order valence-corrected chi connectivity index (χ4v) is 4.95. The average Bonchev–Trinajstić information content (AvgIpc) is 2.73. The molecule has 164 valence electrons. The van der Waals surface area contributed by atoms with Gasteiger partial charge in [0.25, 0.3) is 0 Å². The number of ether oxygens (including phenoxy) is 1. The molecular weight excluding hydrogens is 356 g/mol. The Balaban J connectivity index is 1.72. The molecular formula is C27H44O2. The lowest BCUT2D eigenvalue weighted by Crippen LogP contribution is -2.41. The summed E-state index contributed by atoms with van der Waals surface area (Å²) in [5.74, 6) is 0.430. The van der Waals surface area contributed by atoms with Crippen molar-refractivity contribution in [3.8, 4) is 0 Å². The molecule has 1 fully saturated rings. The first kappa shape index (κ1) is 24.0. The molecule has 1 aromatic rings. The Bertz CT molecular complexity index is 563. The summed E-state index contributed by atoms with van der Waals surface area (Å²) in [4.78, 5) is 12.5. The van der Waals surface area contributed by atoms with Crippen molar-refractivity contribution in [1.82, 2.24) is 0 Å². The van der Waals surface area contributed by atoms with Crippen LogP contribution >= 0.6 is 0 Å². The maximum Gasteiger partial charge on any atom is 0.306 e. The molecule has 0 radical (unpaired) electrons. The minimum Gasteiger partial charge on any atom is -0.462 e. The van der Waals surface area contributed by atoms with E-state index >= 15 is 0 Å². The summed E-state index contributed by atoms with van der Waals surface area (Å²) in [7, 11) is 0. The molecule has 2 rings (SSSR count). The largest absolute Gasteiger partial charge is 0.462 e. The van der Waals surface area contributed by atoms with Crippen molar-refractivity contribution in [1.29, 1.82) is 0 Å². The van der Waals surface area contributed by atoms with Gasteiger partial charge in [-0.1, -0.05) is 109 Å². The van der Waals surface area contributed by atoms with Crippen molar-refractivity contribution < 1.29 is 9.53 Å². The Labute approximate surface area is 179 Å². The number of rotatable bonds is 13. The normalized spacial score (nSPS) is 19.8. The van der Waals surface area contributed by atoms with Gasteiger partial charge in [-0.25, -0.2) is 0 Å². The number of esters is 1. The van der Waals surface area contributed by atoms with Gasteiger partial charge >= 0.3 is 5.97 Å². The minimum absolute atomic E-state index is 0.0220. The highest BCUT2D eigenvalue weighted by Crippen LogP contribution is 2.42. The number of hydrogen-bond donors (Lipinski definition) is 0. The molecule has 0 heterocycles. The van der Waals surface area contributed by atoms with Gasteiger partial charge in [-0.3, -0.25) is 4.79 Å². The topological polar surface area (TPSA) is 26.3 Å². The molecule has 2 atom stereocenters. The summed E-state index contributed by atoms with van der Waals surface area (Å²) in [6.07, 6.45) is 16.7. The number of carbonyl (C=O) groups is 1. The average molecular weight is 401 g/mol. The Morgan fingerprint density at radius 1 is 0.897 bits per heavy atom. The van der Waals surface area contributed by atoms with Crippen LogP contribution in [0.15, 0.2) is 30.3 Å². The van der Waals surface area contributed by atoms with E-state index in [1.807, 2.05) is 0 Å². The zero-order valence-electron chi connectivity index (χ0n) is 19.3. The van der Waals surface area contributed by atoms with Gasteiger partial charge in [0.1, 0.15) is 6.10 Å². The molecule has 0 N–H and O–H groups in total. The third-order valence-corrected chi connectivity index (χ3v) is 6.91. The van der Waals surface area contributed by atoms with Gasteiger partial charge in [0.2, 0.25) is 0 Å². The Morgan fingerprint density at radius 2 is 1.48 bits per heavy atom. The van der Waals surface area contributed by atoms with Crippen LogP contribution in [0, 0.1) is 5.92 Å². The Hall–Kier alpha value is -1.31. The summed E-state index contributed by atoms with van der Waals surface area (Å²) in [6, 6.07) is 10.7. The smallest absolute Gasteiger partial charge is 0.306 e. The second kappa shape index (κ2) is 13.1. The lowest BCUT2D eigenvalue weighted by atomic mass is 9.66. The highest BCUT2D eigenvalue weighted by molar-refractivity contribution is 5.69. The predicted molar refractivity (Wildman–Crippen MR) is 123 cm³/mol. The fraction of sp³-hybridized carbons (Fsp3) is 0.741. The molecule has 0 unspecified atom stereocenters. The first-order chi connectivity index (χ1) is 14.1. The van der Waals surface area contributed by atoms with Crippen LogP contribution in [0.4, 0.5) is 0 Å². The van der Waals surface area contributed by atoms with Gasteiger partial charge < -0.3 is 4.74 Å². The van der Waals surface area contributed by atoms with E-state index < -0.39 is 0 Å². The highest BCUT2D eigenvalue weighted by Gasteiger charge is 2.40. The zero-order chi connectivity index (χ0) is 21.0. The summed E-state index contributed by atoms with van der Waals surface area (Å²) >= 11 is 0. The molecule has 1 aromatic carbocycles. The standard InChI is InChI=1S/C27H44O2/c1-4-5-6-7-8-9-10-11-15-22-26(28)29-25-21-17-16-20-24(25)27(2,3)23-18-13-12-14-19-23/h12-14,18-19,24-25H,4-11,15-17,20-22H2,1-3H3/t24-,25-/m1/s1. The van der Waals surface area contributed by atoms with E-state index in [-0.39, 0.29) is 17.5 Å². The molecule has 1 saturated carbocycles. The van der Waals surface area contributed by atoms with E-state index in [2.05, 4.69) is 51.1 Å². The van der Waals surface area contributed by atoms with E-state index in [1.165, 1.54) is 63.4 Å². The molecule has 0 aromatic heterocycles. The molecule has 2 nitrogen and oxygen atoms in total. The third kappa shape index (κ3) is 8.15. The molecule has 2 heteroatoms. The van der Waals surface area contributed by atoms with Crippen molar-refractivity contribution in [2.75, 3.05) is 0 Å². The Morgan fingerprint density at radius 3 is 2.14 bits per heavy atom. The number of carbonyl (C=O) groups excluding carboxylic acids is 1. The van der Waals surface area contributed by atoms with Crippen LogP contribution in [0.3, 0.4) is 0 Å². The monoisotopic (exact) mass is 400 g/mol. The van der Waals surface area contributed by atoms with Crippen LogP contribution < -0.4 is 0 Å². The van der Waals surface area contributed by atoms with Gasteiger partial charge in [0.15, 0.2) is 0 Å². The second-order valence-corrected chi connectivity index (χ2v) is 9.59. The first-order valence-electron chi connectivity index (χ1n) is 12.3. The molecule has 0 spiro atoms. The van der Waals surface area contributed by atoms with Crippen LogP contribution in [0.2, 0.25) is 0 Å². The zero-order valence-corrected chi connectivity index (χ0v) is 19.3. The summed E-state index contributed by atoms with van der Waals surface area (Å²) in [5.41, 5.74) is 1.39. The molecule has 29 heavy (non-hydrogen) atoms. The van der Waals surface area contributed by atoms with Crippen LogP contribution in [0.5, 0.6) is 0 Å². The Kier molecular flexibility index (Phi) is 10.8.